The number of fused-ring (bicyclic) bond motifs is 3. The van der Waals surface area contributed by atoms with Crippen LogP contribution in [0.25, 0.3) is 11.1 Å². The van der Waals surface area contributed by atoms with Gasteiger partial charge in [-0.1, -0.05) is 25.3 Å². The van der Waals surface area contributed by atoms with Crippen LogP contribution in [0.5, 0.6) is 17.2 Å². The van der Waals surface area contributed by atoms with E-state index in [0.717, 1.165) is 34.6 Å². The van der Waals surface area contributed by atoms with Crippen LogP contribution in [-0.2, 0) is 20.7 Å². The van der Waals surface area contributed by atoms with Gasteiger partial charge in [-0.2, -0.15) is 0 Å². The smallest absolute Gasteiger partial charge is 0.343 e. The molecule has 4 rings (SSSR count). The Morgan fingerprint density at radius 1 is 0.806 bits per heavy atom. The Hall–Kier alpha value is -4.65. The van der Waals surface area contributed by atoms with E-state index in [4.69, 9.17) is 14.2 Å². The van der Waals surface area contributed by atoms with Gasteiger partial charge in [-0.15, -0.1) is 0 Å². The second-order valence-corrected chi connectivity index (χ2v) is 7.96. The average molecular weight is 485 g/mol. The molecule has 182 valence electrons. The summed E-state index contributed by atoms with van der Waals surface area (Å²) in [4.78, 5) is 35.4. The SMILES string of the molecule is C=COC(=O)CCCOc1ccc(C(=O)Oc2ccc3c(c2)Cc2cc(OC(=O)C=C)ccc2-3)cc1. The zero-order chi connectivity index (χ0) is 25.5. The van der Waals surface area contributed by atoms with Crippen molar-refractivity contribution in [2.75, 3.05) is 6.61 Å². The number of carbonyl (C=O) groups is 3. The summed E-state index contributed by atoms with van der Waals surface area (Å²) in [7, 11) is 0. The zero-order valence-corrected chi connectivity index (χ0v) is 19.5. The molecule has 0 radical (unpaired) electrons. The van der Waals surface area contributed by atoms with E-state index in [1.165, 1.54) is 0 Å². The standard InChI is InChI=1S/C29H24O7/c1-3-27(30)35-23-11-13-25-20(17-23)16-21-18-24(12-14-26(21)25)36-29(32)19-7-9-22(10-8-19)34-15-5-6-28(31)33-4-2/h3-4,7-14,17-18H,1-2,5-6,15-16H2. The maximum atomic E-state index is 12.6. The normalized spacial score (nSPS) is 11.0. The van der Waals surface area contributed by atoms with Crippen LogP contribution in [0.4, 0.5) is 0 Å². The van der Waals surface area contributed by atoms with E-state index in [1.807, 2.05) is 24.3 Å². The lowest BCUT2D eigenvalue weighted by molar-refractivity contribution is -0.138. The van der Waals surface area contributed by atoms with E-state index in [1.54, 1.807) is 36.4 Å². The summed E-state index contributed by atoms with van der Waals surface area (Å²) in [6, 6.07) is 17.6. The van der Waals surface area contributed by atoms with Crippen molar-refractivity contribution >= 4 is 17.9 Å². The number of hydrogen-bond acceptors (Lipinski definition) is 7. The minimum absolute atomic E-state index is 0.228. The van der Waals surface area contributed by atoms with Crippen LogP contribution in [-0.4, -0.2) is 24.5 Å². The predicted octanol–water partition coefficient (Wildman–Crippen LogP) is 5.41. The minimum Gasteiger partial charge on any atom is -0.494 e. The van der Waals surface area contributed by atoms with E-state index >= 15 is 0 Å². The first-order valence-electron chi connectivity index (χ1n) is 11.3. The minimum atomic E-state index is -0.509. The van der Waals surface area contributed by atoms with Crippen LogP contribution in [0.15, 0.2) is 86.2 Å². The maximum Gasteiger partial charge on any atom is 0.343 e. The molecule has 0 N–H and O–H groups in total. The van der Waals surface area contributed by atoms with Crippen molar-refractivity contribution in [3.05, 3.63) is 103 Å². The molecule has 1 aliphatic carbocycles. The number of esters is 3. The highest BCUT2D eigenvalue weighted by molar-refractivity contribution is 5.91. The molecule has 0 aliphatic heterocycles. The van der Waals surface area contributed by atoms with Gasteiger partial charge in [0.1, 0.15) is 17.2 Å². The zero-order valence-electron chi connectivity index (χ0n) is 19.5. The van der Waals surface area contributed by atoms with E-state index in [2.05, 4.69) is 17.9 Å². The molecule has 0 saturated carbocycles. The molecule has 0 unspecified atom stereocenters. The molecule has 0 bridgehead atoms. The fourth-order valence-electron chi connectivity index (χ4n) is 3.86. The molecule has 0 aromatic heterocycles. The molecule has 0 spiro atoms. The molecule has 36 heavy (non-hydrogen) atoms. The Kier molecular flexibility index (Phi) is 7.60. The monoisotopic (exact) mass is 484 g/mol. The van der Waals surface area contributed by atoms with Gasteiger partial charge in [0.05, 0.1) is 18.4 Å². The van der Waals surface area contributed by atoms with Crippen molar-refractivity contribution < 1.29 is 33.3 Å². The Balaban J connectivity index is 1.34. The third-order valence-electron chi connectivity index (χ3n) is 5.52. The highest BCUT2D eigenvalue weighted by Crippen LogP contribution is 2.40. The van der Waals surface area contributed by atoms with Crippen molar-refractivity contribution in [1.29, 1.82) is 0 Å². The number of rotatable bonds is 10. The predicted molar refractivity (Wildman–Crippen MR) is 133 cm³/mol. The van der Waals surface area contributed by atoms with Crippen LogP contribution in [0, 0.1) is 0 Å². The van der Waals surface area contributed by atoms with Gasteiger partial charge in [0.25, 0.3) is 0 Å². The third-order valence-corrected chi connectivity index (χ3v) is 5.52. The molecule has 0 fully saturated rings. The Labute approximate surface area is 208 Å². The summed E-state index contributed by atoms with van der Waals surface area (Å²) in [5, 5.41) is 0. The van der Waals surface area contributed by atoms with Gasteiger partial charge in [-0.3, -0.25) is 4.79 Å². The molecule has 0 heterocycles. The lowest BCUT2D eigenvalue weighted by atomic mass is 10.1. The van der Waals surface area contributed by atoms with Gasteiger partial charge < -0.3 is 18.9 Å². The molecule has 7 nitrogen and oxygen atoms in total. The summed E-state index contributed by atoms with van der Waals surface area (Å²) < 4.78 is 21.0. The summed E-state index contributed by atoms with van der Waals surface area (Å²) in [5.41, 5.74) is 4.52. The fraction of sp³-hybridized carbons (Fsp3) is 0.138. The van der Waals surface area contributed by atoms with Crippen molar-refractivity contribution in [3.63, 3.8) is 0 Å². The molecular formula is C29H24O7. The van der Waals surface area contributed by atoms with E-state index in [9.17, 15) is 14.4 Å². The van der Waals surface area contributed by atoms with Gasteiger partial charge >= 0.3 is 17.9 Å². The molecule has 1 aliphatic rings. The maximum absolute atomic E-state index is 12.6. The summed E-state index contributed by atoms with van der Waals surface area (Å²) >= 11 is 0. The van der Waals surface area contributed by atoms with Gasteiger partial charge in [-0.05, 0) is 83.6 Å². The highest BCUT2D eigenvalue weighted by atomic mass is 16.5. The van der Waals surface area contributed by atoms with Crippen molar-refractivity contribution in [1.82, 2.24) is 0 Å². The largest absolute Gasteiger partial charge is 0.494 e. The topological polar surface area (TPSA) is 88.1 Å². The summed E-state index contributed by atoms with van der Waals surface area (Å²) in [5.74, 6) is 0.128. The fourth-order valence-corrected chi connectivity index (χ4v) is 3.86. The highest BCUT2D eigenvalue weighted by Gasteiger charge is 2.21. The lowest BCUT2D eigenvalue weighted by Crippen LogP contribution is -2.09. The first kappa shape index (κ1) is 24.5. The lowest BCUT2D eigenvalue weighted by Gasteiger charge is -2.08. The number of hydrogen-bond donors (Lipinski definition) is 0. The first-order valence-corrected chi connectivity index (χ1v) is 11.3. The van der Waals surface area contributed by atoms with Crippen LogP contribution in [0.2, 0.25) is 0 Å². The van der Waals surface area contributed by atoms with Crippen LogP contribution in [0.3, 0.4) is 0 Å². The summed E-state index contributed by atoms with van der Waals surface area (Å²) in [6.45, 7) is 7.08. The first-order chi connectivity index (χ1) is 17.5. The average Bonchev–Trinajstić information content (AvgIpc) is 3.24. The molecule has 3 aromatic rings. The Bertz CT molecular complexity index is 1320. The quantitative estimate of drug-likeness (QED) is 0.0977. The van der Waals surface area contributed by atoms with Gasteiger partial charge in [-0.25, -0.2) is 9.59 Å². The summed E-state index contributed by atoms with van der Waals surface area (Å²) in [6.07, 6.45) is 3.58. The van der Waals surface area contributed by atoms with E-state index < -0.39 is 11.9 Å². The third kappa shape index (κ3) is 5.88. The Morgan fingerprint density at radius 2 is 1.42 bits per heavy atom. The number of carbonyl (C=O) groups excluding carboxylic acids is 3. The van der Waals surface area contributed by atoms with Crippen LogP contribution >= 0.6 is 0 Å². The number of ether oxygens (including phenoxy) is 4. The second-order valence-electron chi connectivity index (χ2n) is 7.96. The Morgan fingerprint density at radius 3 is 2.03 bits per heavy atom. The molecular weight excluding hydrogens is 460 g/mol. The molecule has 3 aromatic carbocycles. The van der Waals surface area contributed by atoms with Crippen molar-refractivity contribution in [3.8, 4) is 28.4 Å². The molecule has 0 atom stereocenters. The van der Waals surface area contributed by atoms with Crippen molar-refractivity contribution in [2.24, 2.45) is 0 Å². The van der Waals surface area contributed by atoms with Gasteiger partial charge in [0.2, 0.25) is 0 Å². The van der Waals surface area contributed by atoms with Gasteiger partial charge in [0.15, 0.2) is 0 Å². The second kappa shape index (κ2) is 11.2. The van der Waals surface area contributed by atoms with Crippen molar-refractivity contribution in [2.45, 2.75) is 19.3 Å². The number of benzene rings is 3. The van der Waals surface area contributed by atoms with Crippen LogP contribution < -0.4 is 14.2 Å². The molecule has 0 amide bonds. The van der Waals surface area contributed by atoms with Gasteiger partial charge in [0, 0.05) is 12.5 Å². The molecule has 0 saturated heterocycles. The van der Waals surface area contributed by atoms with Crippen LogP contribution in [0.1, 0.15) is 34.3 Å². The molecule has 7 heteroatoms. The van der Waals surface area contributed by atoms with E-state index in [-0.39, 0.29) is 12.4 Å². The van der Waals surface area contributed by atoms with E-state index in [0.29, 0.717) is 42.3 Å².